The minimum Gasteiger partial charge on any atom is -0.356 e. The molecule has 0 fully saturated rings. The highest BCUT2D eigenvalue weighted by atomic mass is 35.5. The largest absolute Gasteiger partial charge is 0.356 e. The Kier molecular flexibility index (Phi) is 6.49. The molecule has 0 radical (unpaired) electrons. The van der Waals surface area contributed by atoms with Crippen molar-refractivity contribution in [3.63, 3.8) is 0 Å². The minimum atomic E-state index is -1.21. The molecule has 2 heterocycles. The minimum absolute atomic E-state index is 0.109. The van der Waals surface area contributed by atoms with E-state index < -0.39 is 16.8 Å². The van der Waals surface area contributed by atoms with Crippen LogP contribution in [0.3, 0.4) is 0 Å². The zero-order valence-corrected chi connectivity index (χ0v) is 21.7. The van der Waals surface area contributed by atoms with Crippen molar-refractivity contribution in [2.45, 2.75) is 23.2 Å². The number of benzene rings is 2. The Bertz CT molecular complexity index is 1300. The van der Waals surface area contributed by atoms with E-state index in [4.69, 9.17) is 11.6 Å². The van der Waals surface area contributed by atoms with Crippen molar-refractivity contribution >= 4 is 55.9 Å². The first kappa shape index (κ1) is 24.9. The van der Waals surface area contributed by atoms with Crippen LogP contribution in [-0.4, -0.2) is 92.0 Å². The fourth-order valence-electron chi connectivity index (χ4n) is 4.75. The molecule has 0 bridgehead atoms. The van der Waals surface area contributed by atoms with Crippen LogP contribution >= 0.6 is 11.6 Å². The number of hydrogen-bond acceptors (Lipinski definition) is 3. The van der Waals surface area contributed by atoms with Gasteiger partial charge in [-0.05, 0) is 29.3 Å². The van der Waals surface area contributed by atoms with E-state index in [1.54, 1.807) is 60.9 Å². The second kappa shape index (κ2) is 9.11. The number of H-pyrrole nitrogens is 1. The van der Waals surface area contributed by atoms with Crippen molar-refractivity contribution in [1.29, 1.82) is 0 Å². The third-order valence-electron chi connectivity index (χ3n) is 6.48. The Labute approximate surface area is 212 Å². The summed E-state index contributed by atoms with van der Waals surface area (Å²) in [6, 6.07) is 13.8. The van der Waals surface area contributed by atoms with Gasteiger partial charge in [0.1, 0.15) is 21.7 Å². The number of aromatic amines is 1. The normalized spacial score (nSPS) is 17.7. The number of para-hydroxylation sites is 1. The average Bonchev–Trinajstić information content (AvgIpc) is 3.19. The fraction of sp³-hybridized carbons (Fsp3) is 0.320. The molecule has 0 saturated heterocycles. The summed E-state index contributed by atoms with van der Waals surface area (Å²) in [5, 5.41) is 1.03. The van der Waals surface area contributed by atoms with Gasteiger partial charge in [0.2, 0.25) is 11.8 Å². The van der Waals surface area contributed by atoms with E-state index in [0.29, 0.717) is 12.0 Å². The van der Waals surface area contributed by atoms with Crippen LogP contribution in [0, 0.1) is 0 Å². The van der Waals surface area contributed by atoms with Crippen molar-refractivity contribution in [1.82, 2.24) is 19.7 Å². The number of carbonyl (C=O) groups excluding carboxylic acids is 3. The number of halogens is 1. The first-order valence-corrected chi connectivity index (χ1v) is 11.9. The molecule has 0 spiro atoms. The Balaban J connectivity index is 1.96. The molecule has 35 heavy (non-hydrogen) atoms. The third-order valence-corrected chi connectivity index (χ3v) is 6.64. The quantitative estimate of drug-likeness (QED) is 0.437. The summed E-state index contributed by atoms with van der Waals surface area (Å²) in [6.07, 6.45) is 0.378. The van der Waals surface area contributed by atoms with Crippen LogP contribution in [-0.2, 0) is 16.0 Å². The van der Waals surface area contributed by atoms with Gasteiger partial charge in [-0.2, -0.15) is 0 Å². The zero-order valence-electron chi connectivity index (χ0n) is 20.9. The van der Waals surface area contributed by atoms with Gasteiger partial charge in [0.15, 0.2) is 0 Å². The van der Waals surface area contributed by atoms with Gasteiger partial charge in [0, 0.05) is 56.8 Å². The number of aromatic nitrogens is 1. The lowest BCUT2D eigenvalue weighted by atomic mass is 9.68. The molecule has 4 rings (SSSR count). The molecule has 180 valence electrons. The highest BCUT2D eigenvalue weighted by molar-refractivity contribution is 6.71. The Morgan fingerprint density at radius 1 is 1.00 bits per heavy atom. The number of nitrogens with one attached hydrogen (secondary N) is 1. The van der Waals surface area contributed by atoms with Crippen molar-refractivity contribution in [3.05, 3.63) is 70.9 Å². The summed E-state index contributed by atoms with van der Waals surface area (Å²) in [5.74, 6) is -0.608. The molecule has 1 N–H and O–H groups in total. The zero-order chi connectivity index (χ0) is 25.7. The lowest BCUT2D eigenvalue weighted by Crippen LogP contribution is -2.59. The molecule has 0 unspecified atom stereocenters. The van der Waals surface area contributed by atoms with E-state index in [1.807, 2.05) is 36.4 Å². The van der Waals surface area contributed by atoms with Crippen molar-refractivity contribution in [3.8, 4) is 0 Å². The van der Waals surface area contributed by atoms with Gasteiger partial charge in [-0.25, -0.2) is 0 Å². The van der Waals surface area contributed by atoms with Crippen LogP contribution in [0.15, 0.2) is 48.5 Å². The number of nitrogens with zero attached hydrogens (tertiary/aromatic N) is 3. The molecule has 2 atom stereocenters. The molecule has 1 aliphatic heterocycles. The van der Waals surface area contributed by atoms with E-state index >= 15 is 0 Å². The molecule has 0 saturated carbocycles. The van der Waals surface area contributed by atoms with Crippen LogP contribution in [0.2, 0.25) is 0 Å². The number of likely N-dealkylation sites (N-methyl/N-ethyl adjacent to an activating group) is 1. The van der Waals surface area contributed by atoms with E-state index in [9.17, 15) is 14.4 Å². The molecule has 1 aliphatic rings. The van der Waals surface area contributed by atoms with E-state index in [2.05, 4.69) is 4.98 Å². The SMILES string of the molecule is BC(B)(Cl)C(=O)N1[C@@H](c2ccc(C(=O)N(C)C)cc2)c2[nH]c3ccccc3c2C[C@@H]1C(=O)N(C)C. The molecule has 3 amide bonds. The van der Waals surface area contributed by atoms with Gasteiger partial charge in [-0.15, -0.1) is 11.6 Å². The Morgan fingerprint density at radius 2 is 1.63 bits per heavy atom. The maximum absolute atomic E-state index is 13.8. The maximum atomic E-state index is 13.8. The van der Waals surface area contributed by atoms with E-state index in [1.165, 1.54) is 9.80 Å². The molecular formula is C25H29B2ClN4O3. The van der Waals surface area contributed by atoms with Crippen molar-refractivity contribution in [2.75, 3.05) is 28.2 Å². The van der Waals surface area contributed by atoms with Gasteiger partial charge in [0.25, 0.3) is 5.91 Å². The average molecular weight is 491 g/mol. The predicted octanol–water partition coefficient (Wildman–Crippen LogP) is 0.959. The molecular weight excluding hydrogens is 461 g/mol. The molecule has 0 aliphatic carbocycles. The van der Waals surface area contributed by atoms with Crippen molar-refractivity contribution in [2.24, 2.45) is 0 Å². The molecule has 1 aromatic heterocycles. The third kappa shape index (κ3) is 4.45. The van der Waals surface area contributed by atoms with Crippen LogP contribution in [0.25, 0.3) is 10.9 Å². The van der Waals surface area contributed by atoms with Gasteiger partial charge in [0.05, 0.1) is 10.7 Å². The van der Waals surface area contributed by atoms with Gasteiger partial charge in [-0.1, -0.05) is 30.3 Å². The van der Waals surface area contributed by atoms with Crippen LogP contribution in [0.1, 0.15) is 33.2 Å². The highest BCUT2D eigenvalue weighted by Gasteiger charge is 2.47. The second-order valence-electron chi connectivity index (χ2n) is 9.92. The lowest BCUT2D eigenvalue weighted by molar-refractivity contribution is -0.146. The number of carbonyl (C=O) groups is 3. The maximum Gasteiger partial charge on any atom is 0.253 e. The highest BCUT2D eigenvalue weighted by Crippen LogP contribution is 2.42. The summed E-state index contributed by atoms with van der Waals surface area (Å²) in [6.45, 7) is 0. The number of rotatable bonds is 4. The summed E-state index contributed by atoms with van der Waals surface area (Å²) in [5.41, 5.74) is 4.14. The van der Waals surface area contributed by atoms with E-state index in [0.717, 1.165) is 27.7 Å². The summed E-state index contributed by atoms with van der Waals surface area (Å²) in [7, 11) is 10.1. The monoisotopic (exact) mass is 490 g/mol. The van der Waals surface area contributed by atoms with Crippen molar-refractivity contribution < 1.29 is 14.4 Å². The number of hydrogen-bond donors (Lipinski definition) is 1. The van der Waals surface area contributed by atoms with Crippen LogP contribution < -0.4 is 0 Å². The van der Waals surface area contributed by atoms with Gasteiger partial charge >= 0.3 is 0 Å². The Morgan fingerprint density at radius 3 is 2.20 bits per heavy atom. The summed E-state index contributed by atoms with van der Waals surface area (Å²) >= 11 is 6.55. The van der Waals surface area contributed by atoms with Gasteiger partial charge in [-0.3, -0.25) is 14.4 Å². The Hall–Kier alpha value is -3.19. The van der Waals surface area contributed by atoms with Crippen LogP contribution in [0.5, 0.6) is 0 Å². The number of fused-ring (bicyclic) bond motifs is 3. The standard InChI is InChI=1S/C25H29B2ClN4O3/c1-30(2)22(33)15-11-9-14(10-12-15)21-20-17(16-7-5-6-8-18(16)29-20)13-19(23(34)31(3)4)32(21)24(35)25(26,27)28/h5-12,19,21,29H,13,26-27H2,1-4H3/t19-,21+/m1/s1. The lowest BCUT2D eigenvalue weighted by Gasteiger charge is -2.44. The van der Waals surface area contributed by atoms with Crippen LogP contribution in [0.4, 0.5) is 0 Å². The molecule has 3 aromatic rings. The first-order chi connectivity index (χ1) is 16.4. The second-order valence-corrected chi connectivity index (χ2v) is 10.9. The predicted molar refractivity (Wildman–Crippen MR) is 143 cm³/mol. The number of alkyl halides is 1. The number of amides is 3. The van der Waals surface area contributed by atoms with Gasteiger partial charge < -0.3 is 19.7 Å². The summed E-state index contributed by atoms with van der Waals surface area (Å²) < 4.78 is -1.21. The van der Waals surface area contributed by atoms with E-state index in [-0.39, 0.29) is 17.7 Å². The molecule has 7 nitrogen and oxygen atoms in total. The molecule has 2 aromatic carbocycles. The first-order valence-electron chi connectivity index (χ1n) is 11.6. The summed E-state index contributed by atoms with van der Waals surface area (Å²) in [4.78, 5) is 47.8. The smallest absolute Gasteiger partial charge is 0.253 e. The fourth-order valence-corrected chi connectivity index (χ4v) is 4.85. The topological polar surface area (TPSA) is 76.7 Å². The molecule has 10 heteroatoms.